The molecule has 1 atom stereocenters. The van der Waals surface area contributed by atoms with Gasteiger partial charge in [0, 0.05) is 11.6 Å². The molecule has 0 radical (unpaired) electrons. The Hall–Kier alpha value is -1.87. The number of hydrogen-bond donors (Lipinski definition) is 1. The van der Waals surface area contributed by atoms with Gasteiger partial charge in [0.05, 0.1) is 7.11 Å². The number of ether oxygens (including phenoxy) is 1. The molecule has 0 aliphatic rings. The van der Waals surface area contributed by atoms with E-state index in [0.717, 1.165) is 24.0 Å². The quantitative estimate of drug-likeness (QED) is 0.899. The average Bonchev–Trinajstić information content (AvgIpc) is 2.45. The molecule has 2 aromatic rings. The van der Waals surface area contributed by atoms with Crippen LogP contribution in [0.2, 0.25) is 0 Å². The lowest BCUT2D eigenvalue weighted by Crippen LogP contribution is -2.15. The molecule has 106 valence electrons. The van der Waals surface area contributed by atoms with Crippen molar-refractivity contribution in [1.29, 1.82) is 0 Å². The number of hydrogen-bond acceptors (Lipinski definition) is 2. The molecule has 0 aliphatic carbocycles. The summed E-state index contributed by atoms with van der Waals surface area (Å²) < 4.78 is 18.8. The largest absolute Gasteiger partial charge is 0.496 e. The van der Waals surface area contributed by atoms with Gasteiger partial charge in [-0.2, -0.15) is 0 Å². The minimum absolute atomic E-state index is 0.183. The third kappa shape index (κ3) is 3.58. The Kier molecular flexibility index (Phi) is 4.74. The van der Waals surface area contributed by atoms with E-state index in [4.69, 9.17) is 10.5 Å². The lowest BCUT2D eigenvalue weighted by molar-refractivity contribution is 0.415. The van der Waals surface area contributed by atoms with Crippen LogP contribution in [0.3, 0.4) is 0 Å². The fourth-order valence-corrected chi connectivity index (χ4v) is 2.19. The predicted molar refractivity (Wildman–Crippen MR) is 80.4 cm³/mol. The fraction of sp³-hybridized carbons (Fsp3) is 0.294. The first-order chi connectivity index (χ1) is 9.60. The summed E-state index contributed by atoms with van der Waals surface area (Å²) in [7, 11) is 1.59. The third-order valence-corrected chi connectivity index (χ3v) is 3.29. The van der Waals surface area contributed by atoms with Crippen molar-refractivity contribution < 1.29 is 9.13 Å². The van der Waals surface area contributed by atoms with E-state index in [0.29, 0.717) is 5.75 Å². The molecule has 0 aromatic heterocycles. The van der Waals surface area contributed by atoms with Crippen LogP contribution in [0.25, 0.3) is 11.1 Å². The SMILES string of the molecule is COc1ccc(F)cc1-c1cccc(CCC(C)N)c1. The van der Waals surface area contributed by atoms with E-state index in [9.17, 15) is 4.39 Å². The van der Waals surface area contributed by atoms with Crippen molar-refractivity contribution in [3.63, 3.8) is 0 Å². The van der Waals surface area contributed by atoms with Crippen LogP contribution in [0.15, 0.2) is 42.5 Å². The first-order valence-electron chi connectivity index (χ1n) is 6.78. The van der Waals surface area contributed by atoms with E-state index in [1.165, 1.54) is 17.7 Å². The molecule has 2 N–H and O–H groups in total. The Morgan fingerprint density at radius 1 is 1.20 bits per heavy atom. The van der Waals surface area contributed by atoms with Gasteiger partial charge in [-0.05, 0) is 49.1 Å². The van der Waals surface area contributed by atoms with E-state index < -0.39 is 0 Å². The summed E-state index contributed by atoms with van der Waals surface area (Å²) in [5.41, 5.74) is 8.72. The van der Waals surface area contributed by atoms with Crippen molar-refractivity contribution in [3.05, 3.63) is 53.8 Å². The molecule has 3 heteroatoms. The van der Waals surface area contributed by atoms with Gasteiger partial charge < -0.3 is 10.5 Å². The number of nitrogens with two attached hydrogens (primary N) is 1. The van der Waals surface area contributed by atoms with Crippen molar-refractivity contribution in [3.8, 4) is 16.9 Å². The molecule has 20 heavy (non-hydrogen) atoms. The molecule has 0 saturated heterocycles. The number of rotatable bonds is 5. The summed E-state index contributed by atoms with van der Waals surface area (Å²) in [6.07, 6.45) is 1.85. The summed E-state index contributed by atoms with van der Waals surface area (Å²) in [4.78, 5) is 0. The molecule has 0 fully saturated rings. The summed E-state index contributed by atoms with van der Waals surface area (Å²) in [6, 6.07) is 12.8. The maximum Gasteiger partial charge on any atom is 0.126 e. The lowest BCUT2D eigenvalue weighted by atomic mass is 9.99. The van der Waals surface area contributed by atoms with Gasteiger partial charge in [0.1, 0.15) is 11.6 Å². The average molecular weight is 273 g/mol. The Morgan fingerprint density at radius 3 is 2.70 bits per heavy atom. The van der Waals surface area contributed by atoms with Crippen molar-refractivity contribution in [1.82, 2.24) is 0 Å². The molecular formula is C17H20FNO. The van der Waals surface area contributed by atoms with Crippen molar-refractivity contribution >= 4 is 0 Å². The van der Waals surface area contributed by atoms with Crippen LogP contribution in [-0.4, -0.2) is 13.2 Å². The molecule has 0 aliphatic heterocycles. The molecular weight excluding hydrogens is 253 g/mol. The zero-order valence-corrected chi connectivity index (χ0v) is 11.9. The highest BCUT2D eigenvalue weighted by atomic mass is 19.1. The maximum atomic E-state index is 13.5. The summed E-state index contributed by atoms with van der Waals surface area (Å²) in [6.45, 7) is 2.00. The maximum absolute atomic E-state index is 13.5. The summed E-state index contributed by atoms with van der Waals surface area (Å²) in [5.74, 6) is 0.414. The third-order valence-electron chi connectivity index (χ3n) is 3.29. The Bertz CT molecular complexity index is 581. The molecule has 0 bridgehead atoms. The van der Waals surface area contributed by atoms with Gasteiger partial charge in [-0.15, -0.1) is 0 Å². The Balaban J connectivity index is 2.33. The van der Waals surface area contributed by atoms with E-state index in [1.54, 1.807) is 13.2 Å². The van der Waals surface area contributed by atoms with Crippen LogP contribution in [0.1, 0.15) is 18.9 Å². The summed E-state index contributed by atoms with van der Waals surface area (Å²) in [5, 5.41) is 0. The number of methoxy groups -OCH3 is 1. The van der Waals surface area contributed by atoms with Gasteiger partial charge >= 0.3 is 0 Å². The normalized spacial score (nSPS) is 12.2. The van der Waals surface area contributed by atoms with E-state index >= 15 is 0 Å². The molecule has 0 amide bonds. The van der Waals surface area contributed by atoms with Gasteiger partial charge in [-0.3, -0.25) is 0 Å². The van der Waals surface area contributed by atoms with E-state index in [2.05, 4.69) is 12.1 Å². The molecule has 0 spiro atoms. The predicted octanol–water partition coefficient (Wildman–Crippen LogP) is 3.78. The standard InChI is InChI=1S/C17H20FNO/c1-12(19)6-7-13-4-3-5-14(10-13)16-11-15(18)8-9-17(16)20-2/h3-5,8-12H,6-7,19H2,1-2H3. The minimum Gasteiger partial charge on any atom is -0.496 e. The smallest absolute Gasteiger partial charge is 0.126 e. The van der Waals surface area contributed by atoms with Crippen LogP contribution in [-0.2, 0) is 6.42 Å². The highest BCUT2D eigenvalue weighted by Crippen LogP contribution is 2.31. The van der Waals surface area contributed by atoms with Gasteiger partial charge in [0.15, 0.2) is 0 Å². The highest BCUT2D eigenvalue weighted by molar-refractivity contribution is 5.71. The van der Waals surface area contributed by atoms with Crippen molar-refractivity contribution in [2.45, 2.75) is 25.8 Å². The van der Waals surface area contributed by atoms with Crippen LogP contribution in [0.4, 0.5) is 4.39 Å². The van der Waals surface area contributed by atoms with Crippen LogP contribution in [0, 0.1) is 5.82 Å². The minimum atomic E-state index is -0.262. The second-order valence-corrected chi connectivity index (χ2v) is 5.06. The first kappa shape index (κ1) is 14.5. The lowest BCUT2D eigenvalue weighted by Gasteiger charge is -2.11. The zero-order chi connectivity index (χ0) is 14.5. The second-order valence-electron chi connectivity index (χ2n) is 5.06. The molecule has 2 aromatic carbocycles. The fourth-order valence-electron chi connectivity index (χ4n) is 2.19. The Labute approximate surface area is 119 Å². The molecule has 1 unspecified atom stereocenters. The van der Waals surface area contributed by atoms with Gasteiger partial charge in [0.2, 0.25) is 0 Å². The van der Waals surface area contributed by atoms with Crippen LogP contribution in [0.5, 0.6) is 5.75 Å². The second kappa shape index (κ2) is 6.53. The number of halogens is 1. The van der Waals surface area contributed by atoms with Crippen LogP contribution >= 0.6 is 0 Å². The summed E-state index contributed by atoms with van der Waals surface area (Å²) >= 11 is 0. The number of aryl methyl sites for hydroxylation is 1. The van der Waals surface area contributed by atoms with Crippen molar-refractivity contribution in [2.75, 3.05) is 7.11 Å². The number of benzene rings is 2. The van der Waals surface area contributed by atoms with E-state index in [-0.39, 0.29) is 11.9 Å². The monoisotopic (exact) mass is 273 g/mol. The first-order valence-corrected chi connectivity index (χ1v) is 6.78. The molecule has 0 heterocycles. The molecule has 2 nitrogen and oxygen atoms in total. The zero-order valence-electron chi connectivity index (χ0n) is 11.9. The molecule has 0 saturated carbocycles. The van der Waals surface area contributed by atoms with Crippen molar-refractivity contribution in [2.24, 2.45) is 5.73 Å². The highest BCUT2D eigenvalue weighted by Gasteiger charge is 2.08. The van der Waals surface area contributed by atoms with Crippen LogP contribution < -0.4 is 10.5 Å². The van der Waals surface area contributed by atoms with Gasteiger partial charge in [-0.1, -0.05) is 24.3 Å². The Morgan fingerprint density at radius 2 is 2.00 bits per heavy atom. The molecule has 2 rings (SSSR count). The van der Waals surface area contributed by atoms with Gasteiger partial charge in [-0.25, -0.2) is 4.39 Å². The van der Waals surface area contributed by atoms with Gasteiger partial charge in [0.25, 0.3) is 0 Å². The topological polar surface area (TPSA) is 35.2 Å². The van der Waals surface area contributed by atoms with E-state index in [1.807, 2.05) is 19.1 Å².